The summed E-state index contributed by atoms with van der Waals surface area (Å²) in [4.78, 5) is 12.1. The Kier molecular flexibility index (Phi) is 4.30. The number of hydrogen-bond acceptors (Lipinski definition) is 2. The van der Waals surface area contributed by atoms with Crippen molar-refractivity contribution in [2.24, 2.45) is 5.92 Å². The molecule has 0 radical (unpaired) electrons. The molecule has 1 amide bonds. The fourth-order valence-electron chi connectivity index (χ4n) is 2.51. The molecule has 1 aliphatic carbocycles. The summed E-state index contributed by atoms with van der Waals surface area (Å²) in [6.45, 7) is 0. The van der Waals surface area contributed by atoms with Crippen molar-refractivity contribution in [2.45, 2.75) is 31.7 Å². The van der Waals surface area contributed by atoms with Crippen molar-refractivity contribution in [2.75, 3.05) is 0 Å². The van der Waals surface area contributed by atoms with E-state index in [-0.39, 0.29) is 11.9 Å². The molecule has 1 saturated carbocycles. The van der Waals surface area contributed by atoms with E-state index in [9.17, 15) is 4.79 Å². The molecule has 3 nitrogen and oxygen atoms in total. The van der Waals surface area contributed by atoms with Crippen LogP contribution in [0, 0.1) is 5.92 Å². The van der Waals surface area contributed by atoms with Gasteiger partial charge in [0.25, 0.3) is 0 Å². The largest absolute Gasteiger partial charge is 0.469 e. The number of carbonyl (C=O) groups excluding carboxylic acids is 1. The van der Waals surface area contributed by atoms with E-state index in [1.807, 2.05) is 36.4 Å². The first-order valence-corrected chi connectivity index (χ1v) is 7.67. The zero-order valence-electron chi connectivity index (χ0n) is 11.7. The van der Waals surface area contributed by atoms with Crippen LogP contribution in [-0.2, 0) is 11.2 Å². The van der Waals surface area contributed by atoms with Crippen LogP contribution < -0.4 is 5.32 Å². The first-order chi connectivity index (χ1) is 10.2. The zero-order valence-corrected chi connectivity index (χ0v) is 12.5. The molecule has 1 fully saturated rings. The van der Waals surface area contributed by atoms with Crippen LogP contribution in [0.15, 0.2) is 47.1 Å². The van der Waals surface area contributed by atoms with Gasteiger partial charge in [-0.05, 0) is 48.6 Å². The van der Waals surface area contributed by atoms with Gasteiger partial charge in [-0.3, -0.25) is 4.79 Å². The summed E-state index contributed by atoms with van der Waals surface area (Å²) in [7, 11) is 0. The Morgan fingerprint density at radius 2 is 2.05 bits per heavy atom. The predicted octanol–water partition coefficient (Wildman–Crippen LogP) is 4.13. The van der Waals surface area contributed by atoms with Crippen molar-refractivity contribution in [3.8, 4) is 0 Å². The van der Waals surface area contributed by atoms with Gasteiger partial charge < -0.3 is 9.73 Å². The van der Waals surface area contributed by atoms with Crippen molar-refractivity contribution in [3.63, 3.8) is 0 Å². The predicted molar refractivity (Wildman–Crippen MR) is 82.1 cm³/mol. The highest BCUT2D eigenvalue weighted by atomic mass is 35.5. The maximum absolute atomic E-state index is 12.1. The van der Waals surface area contributed by atoms with Gasteiger partial charge in [0, 0.05) is 17.9 Å². The topological polar surface area (TPSA) is 42.2 Å². The van der Waals surface area contributed by atoms with Gasteiger partial charge in [-0.1, -0.05) is 23.7 Å². The maximum atomic E-state index is 12.1. The molecule has 21 heavy (non-hydrogen) atoms. The highest BCUT2D eigenvalue weighted by Gasteiger charge is 2.33. The van der Waals surface area contributed by atoms with Gasteiger partial charge >= 0.3 is 0 Å². The first kappa shape index (κ1) is 14.2. The first-order valence-electron chi connectivity index (χ1n) is 7.29. The normalized spacial score (nSPS) is 15.7. The number of amides is 1. The molecule has 0 bridgehead atoms. The van der Waals surface area contributed by atoms with E-state index in [0.717, 1.165) is 16.3 Å². The average Bonchev–Trinajstić information content (AvgIpc) is 3.19. The molecule has 110 valence electrons. The summed E-state index contributed by atoms with van der Waals surface area (Å²) in [5.74, 6) is 1.47. The minimum absolute atomic E-state index is 0.0678. The van der Waals surface area contributed by atoms with Crippen molar-refractivity contribution in [1.29, 1.82) is 0 Å². The highest BCUT2D eigenvalue weighted by Crippen LogP contribution is 2.41. The summed E-state index contributed by atoms with van der Waals surface area (Å²) >= 11 is 5.93. The molecule has 1 N–H and O–H groups in total. The van der Waals surface area contributed by atoms with Gasteiger partial charge in [0.05, 0.1) is 12.3 Å². The second kappa shape index (κ2) is 6.35. The molecule has 2 aromatic rings. The Labute approximate surface area is 129 Å². The third kappa shape index (κ3) is 3.88. The Hall–Kier alpha value is -1.74. The van der Waals surface area contributed by atoms with Crippen LogP contribution in [0.1, 0.15) is 36.6 Å². The minimum atomic E-state index is 0.0678. The second-order valence-electron chi connectivity index (χ2n) is 5.51. The third-order valence-electron chi connectivity index (χ3n) is 3.82. The number of aryl methyl sites for hydroxylation is 1. The molecule has 3 rings (SSSR count). The van der Waals surface area contributed by atoms with E-state index in [4.69, 9.17) is 16.0 Å². The standard InChI is InChI=1S/C17H18ClNO2/c18-14-7-5-13(6-8-14)17(12-3-4-12)19-16(20)10-9-15-2-1-11-21-15/h1-2,5-8,11-12,17H,3-4,9-10H2,(H,19,20). The zero-order chi connectivity index (χ0) is 14.7. The molecular formula is C17H18ClNO2. The van der Waals surface area contributed by atoms with Crippen molar-refractivity contribution < 1.29 is 9.21 Å². The molecule has 4 heteroatoms. The Morgan fingerprint density at radius 1 is 1.29 bits per heavy atom. The van der Waals surface area contributed by atoms with E-state index in [1.165, 1.54) is 12.8 Å². The molecule has 0 spiro atoms. The van der Waals surface area contributed by atoms with E-state index in [1.54, 1.807) is 6.26 Å². The summed E-state index contributed by atoms with van der Waals surface area (Å²) in [6, 6.07) is 11.6. The van der Waals surface area contributed by atoms with E-state index >= 15 is 0 Å². The van der Waals surface area contributed by atoms with E-state index < -0.39 is 0 Å². The van der Waals surface area contributed by atoms with Gasteiger partial charge in [0.15, 0.2) is 0 Å². The smallest absolute Gasteiger partial charge is 0.220 e. The summed E-state index contributed by atoms with van der Waals surface area (Å²) in [6.07, 6.45) is 5.06. The maximum Gasteiger partial charge on any atom is 0.220 e. The van der Waals surface area contributed by atoms with Crippen LogP contribution in [0.25, 0.3) is 0 Å². The number of nitrogens with one attached hydrogen (secondary N) is 1. The molecule has 1 heterocycles. The fraction of sp³-hybridized carbons (Fsp3) is 0.353. The minimum Gasteiger partial charge on any atom is -0.469 e. The Bertz CT molecular complexity index is 588. The molecule has 0 saturated heterocycles. The summed E-state index contributed by atoms with van der Waals surface area (Å²) in [5.41, 5.74) is 1.13. The van der Waals surface area contributed by atoms with Crippen molar-refractivity contribution in [1.82, 2.24) is 5.32 Å². The fourth-order valence-corrected chi connectivity index (χ4v) is 2.64. The number of carbonyl (C=O) groups is 1. The second-order valence-corrected chi connectivity index (χ2v) is 5.95. The molecular weight excluding hydrogens is 286 g/mol. The Balaban J connectivity index is 1.59. The molecule has 1 atom stereocenters. The number of hydrogen-bond donors (Lipinski definition) is 1. The summed E-state index contributed by atoms with van der Waals surface area (Å²) in [5, 5.41) is 3.87. The molecule has 1 aromatic heterocycles. The van der Waals surface area contributed by atoms with Crippen LogP contribution in [0.2, 0.25) is 5.02 Å². The molecule has 1 aromatic carbocycles. The van der Waals surface area contributed by atoms with Gasteiger partial charge in [-0.2, -0.15) is 0 Å². The number of furan rings is 1. The average molecular weight is 304 g/mol. The van der Waals surface area contributed by atoms with Gasteiger partial charge in [0.2, 0.25) is 5.91 Å². The molecule has 1 unspecified atom stereocenters. The van der Waals surface area contributed by atoms with Crippen LogP contribution >= 0.6 is 11.6 Å². The van der Waals surface area contributed by atoms with Gasteiger partial charge in [0.1, 0.15) is 5.76 Å². The lowest BCUT2D eigenvalue weighted by atomic mass is 10.0. The van der Waals surface area contributed by atoms with Crippen LogP contribution in [0.5, 0.6) is 0 Å². The summed E-state index contributed by atoms with van der Waals surface area (Å²) < 4.78 is 5.25. The Morgan fingerprint density at radius 3 is 2.67 bits per heavy atom. The lowest BCUT2D eigenvalue weighted by Gasteiger charge is -2.19. The van der Waals surface area contributed by atoms with Crippen LogP contribution in [-0.4, -0.2) is 5.91 Å². The number of rotatable bonds is 6. The van der Waals surface area contributed by atoms with Crippen LogP contribution in [0.3, 0.4) is 0 Å². The SMILES string of the molecule is O=C(CCc1ccco1)NC(c1ccc(Cl)cc1)C1CC1. The van der Waals surface area contributed by atoms with Crippen molar-refractivity contribution in [3.05, 3.63) is 59.0 Å². The molecule has 0 aliphatic heterocycles. The van der Waals surface area contributed by atoms with E-state index in [2.05, 4.69) is 5.32 Å². The van der Waals surface area contributed by atoms with Crippen molar-refractivity contribution >= 4 is 17.5 Å². The van der Waals surface area contributed by atoms with Crippen LogP contribution in [0.4, 0.5) is 0 Å². The third-order valence-corrected chi connectivity index (χ3v) is 4.07. The van der Waals surface area contributed by atoms with Gasteiger partial charge in [-0.15, -0.1) is 0 Å². The molecule has 1 aliphatic rings. The number of halogens is 1. The van der Waals surface area contributed by atoms with Gasteiger partial charge in [-0.25, -0.2) is 0 Å². The lowest BCUT2D eigenvalue weighted by Crippen LogP contribution is -2.30. The van der Waals surface area contributed by atoms with E-state index in [0.29, 0.717) is 18.8 Å². The lowest BCUT2D eigenvalue weighted by molar-refractivity contribution is -0.122. The highest BCUT2D eigenvalue weighted by molar-refractivity contribution is 6.30. The number of benzene rings is 1. The monoisotopic (exact) mass is 303 g/mol. The quantitative estimate of drug-likeness (QED) is 0.871.